The first-order valence-electron chi connectivity index (χ1n) is 5.88. The predicted molar refractivity (Wildman–Crippen MR) is 64.4 cm³/mol. The number of halogens is 1. The van der Waals surface area contributed by atoms with Crippen LogP contribution in [0.1, 0.15) is 37.4 Å². The van der Waals surface area contributed by atoms with E-state index < -0.39 is 11.9 Å². The summed E-state index contributed by atoms with van der Waals surface area (Å²) >= 11 is 5.66. The zero-order valence-corrected chi connectivity index (χ0v) is 10.2. The summed E-state index contributed by atoms with van der Waals surface area (Å²) in [5, 5.41) is 12.7. The van der Waals surface area contributed by atoms with E-state index in [-0.39, 0.29) is 5.22 Å². The second-order valence-electron chi connectivity index (χ2n) is 4.42. The van der Waals surface area contributed by atoms with E-state index in [1.165, 1.54) is 12.8 Å². The molecule has 1 unspecified atom stereocenters. The second kappa shape index (κ2) is 5.56. The van der Waals surface area contributed by atoms with Crippen LogP contribution in [0.3, 0.4) is 0 Å². The van der Waals surface area contributed by atoms with E-state index >= 15 is 0 Å². The SMILES string of the molecule is O=C(O)C(CNC1CCCC1)c1ccc(Cl)o1. The average molecular weight is 258 g/mol. The number of hydrogen-bond donors (Lipinski definition) is 2. The van der Waals surface area contributed by atoms with Crippen molar-refractivity contribution in [1.29, 1.82) is 0 Å². The molecule has 1 aliphatic carbocycles. The lowest BCUT2D eigenvalue weighted by molar-refractivity contribution is -0.139. The minimum Gasteiger partial charge on any atom is -0.481 e. The Balaban J connectivity index is 1.95. The van der Waals surface area contributed by atoms with Crippen LogP contribution in [-0.4, -0.2) is 23.7 Å². The molecule has 0 amide bonds. The van der Waals surface area contributed by atoms with Gasteiger partial charge in [-0.2, -0.15) is 0 Å². The average Bonchev–Trinajstić information content (AvgIpc) is 2.90. The molecule has 5 heteroatoms. The van der Waals surface area contributed by atoms with Gasteiger partial charge in [0.15, 0.2) is 5.22 Å². The summed E-state index contributed by atoms with van der Waals surface area (Å²) in [4.78, 5) is 11.2. The molecule has 1 aliphatic rings. The van der Waals surface area contributed by atoms with Crippen LogP contribution in [-0.2, 0) is 4.79 Å². The second-order valence-corrected chi connectivity index (χ2v) is 4.79. The molecular formula is C12H16ClNO3. The van der Waals surface area contributed by atoms with E-state index in [1.807, 2.05) is 0 Å². The zero-order chi connectivity index (χ0) is 12.3. The molecular weight excluding hydrogens is 242 g/mol. The Morgan fingerprint density at radius 3 is 2.76 bits per heavy atom. The van der Waals surface area contributed by atoms with Crippen molar-refractivity contribution in [2.45, 2.75) is 37.6 Å². The molecule has 0 aromatic carbocycles. The summed E-state index contributed by atoms with van der Waals surface area (Å²) in [6.07, 6.45) is 4.71. The van der Waals surface area contributed by atoms with Crippen molar-refractivity contribution in [3.63, 3.8) is 0 Å². The van der Waals surface area contributed by atoms with Gasteiger partial charge in [-0.25, -0.2) is 0 Å². The third-order valence-electron chi connectivity index (χ3n) is 3.20. The molecule has 1 fully saturated rings. The van der Waals surface area contributed by atoms with Gasteiger partial charge in [0.2, 0.25) is 0 Å². The highest BCUT2D eigenvalue weighted by molar-refractivity contribution is 6.28. The fourth-order valence-electron chi connectivity index (χ4n) is 2.24. The fraction of sp³-hybridized carbons (Fsp3) is 0.583. The molecule has 0 spiro atoms. The zero-order valence-electron chi connectivity index (χ0n) is 9.49. The Labute approximate surface area is 105 Å². The fourth-order valence-corrected chi connectivity index (χ4v) is 2.39. The number of aliphatic carboxylic acids is 1. The summed E-state index contributed by atoms with van der Waals surface area (Å²) in [7, 11) is 0. The van der Waals surface area contributed by atoms with Crippen LogP contribution in [0.25, 0.3) is 0 Å². The Kier molecular flexibility index (Phi) is 4.07. The van der Waals surface area contributed by atoms with E-state index in [0.717, 1.165) is 12.8 Å². The molecule has 0 saturated heterocycles. The molecule has 0 aliphatic heterocycles. The van der Waals surface area contributed by atoms with Gasteiger partial charge >= 0.3 is 5.97 Å². The van der Waals surface area contributed by atoms with Gasteiger partial charge in [-0.05, 0) is 36.6 Å². The van der Waals surface area contributed by atoms with Crippen LogP contribution in [0.15, 0.2) is 16.5 Å². The molecule has 4 nitrogen and oxygen atoms in total. The predicted octanol–water partition coefficient (Wildman–Crippen LogP) is 2.63. The van der Waals surface area contributed by atoms with Crippen molar-refractivity contribution < 1.29 is 14.3 Å². The lowest BCUT2D eigenvalue weighted by Gasteiger charge is -2.15. The van der Waals surface area contributed by atoms with Crippen LogP contribution >= 0.6 is 11.6 Å². The number of carboxylic acid groups (broad SMARTS) is 1. The summed E-state index contributed by atoms with van der Waals surface area (Å²) in [5.74, 6) is -1.14. The van der Waals surface area contributed by atoms with Gasteiger partial charge in [0.1, 0.15) is 11.7 Å². The molecule has 2 rings (SSSR count). The normalized spacial score (nSPS) is 18.4. The van der Waals surface area contributed by atoms with E-state index in [2.05, 4.69) is 5.32 Å². The van der Waals surface area contributed by atoms with Crippen molar-refractivity contribution in [2.24, 2.45) is 0 Å². The largest absolute Gasteiger partial charge is 0.481 e. The van der Waals surface area contributed by atoms with Gasteiger partial charge in [0, 0.05) is 12.6 Å². The lowest BCUT2D eigenvalue weighted by atomic mass is 10.1. The van der Waals surface area contributed by atoms with E-state index in [4.69, 9.17) is 21.1 Å². The highest BCUT2D eigenvalue weighted by atomic mass is 35.5. The minimum atomic E-state index is -0.887. The van der Waals surface area contributed by atoms with Crippen molar-refractivity contribution in [3.8, 4) is 0 Å². The summed E-state index contributed by atoms with van der Waals surface area (Å²) in [6.45, 7) is 0.393. The van der Waals surface area contributed by atoms with E-state index in [0.29, 0.717) is 18.3 Å². The number of furan rings is 1. The van der Waals surface area contributed by atoms with Gasteiger partial charge in [-0.1, -0.05) is 12.8 Å². The first-order valence-corrected chi connectivity index (χ1v) is 6.26. The maximum Gasteiger partial charge on any atom is 0.315 e. The van der Waals surface area contributed by atoms with Gasteiger partial charge < -0.3 is 14.8 Å². The van der Waals surface area contributed by atoms with E-state index in [9.17, 15) is 4.79 Å². The highest BCUT2D eigenvalue weighted by Gasteiger charge is 2.25. The van der Waals surface area contributed by atoms with Crippen LogP contribution in [0.2, 0.25) is 5.22 Å². The summed E-state index contributed by atoms with van der Waals surface area (Å²) < 4.78 is 5.17. The number of rotatable bonds is 5. The summed E-state index contributed by atoms with van der Waals surface area (Å²) in [5.41, 5.74) is 0. The lowest BCUT2D eigenvalue weighted by Crippen LogP contribution is -2.33. The topological polar surface area (TPSA) is 62.5 Å². The van der Waals surface area contributed by atoms with Crippen LogP contribution in [0.4, 0.5) is 0 Å². The molecule has 94 valence electrons. The smallest absolute Gasteiger partial charge is 0.315 e. The molecule has 0 radical (unpaired) electrons. The van der Waals surface area contributed by atoms with Crippen molar-refractivity contribution in [2.75, 3.05) is 6.54 Å². The number of nitrogens with one attached hydrogen (secondary N) is 1. The van der Waals surface area contributed by atoms with Crippen molar-refractivity contribution in [1.82, 2.24) is 5.32 Å². The van der Waals surface area contributed by atoms with Gasteiger partial charge in [-0.15, -0.1) is 0 Å². The minimum absolute atomic E-state index is 0.229. The molecule has 17 heavy (non-hydrogen) atoms. The standard InChI is InChI=1S/C12H16ClNO3/c13-11-6-5-10(17-11)9(12(15)16)7-14-8-3-1-2-4-8/h5-6,8-9,14H,1-4,7H2,(H,15,16). The number of carbonyl (C=O) groups is 1. The Morgan fingerprint density at radius 2 is 2.24 bits per heavy atom. The van der Waals surface area contributed by atoms with E-state index in [1.54, 1.807) is 12.1 Å². The monoisotopic (exact) mass is 257 g/mol. The molecule has 2 N–H and O–H groups in total. The van der Waals surface area contributed by atoms with Crippen LogP contribution in [0.5, 0.6) is 0 Å². The number of hydrogen-bond acceptors (Lipinski definition) is 3. The first-order chi connectivity index (χ1) is 8.16. The quantitative estimate of drug-likeness (QED) is 0.851. The Morgan fingerprint density at radius 1 is 1.53 bits per heavy atom. The summed E-state index contributed by atoms with van der Waals surface area (Å²) in [6, 6.07) is 3.64. The van der Waals surface area contributed by atoms with Crippen LogP contribution < -0.4 is 5.32 Å². The maximum atomic E-state index is 11.2. The third kappa shape index (κ3) is 3.23. The molecule has 1 heterocycles. The molecule has 0 bridgehead atoms. The molecule has 1 aromatic heterocycles. The Bertz CT molecular complexity index is 385. The Hall–Kier alpha value is -1.00. The van der Waals surface area contributed by atoms with Crippen molar-refractivity contribution >= 4 is 17.6 Å². The van der Waals surface area contributed by atoms with Gasteiger partial charge in [-0.3, -0.25) is 4.79 Å². The van der Waals surface area contributed by atoms with Crippen molar-refractivity contribution in [3.05, 3.63) is 23.1 Å². The molecule has 1 saturated carbocycles. The van der Waals surface area contributed by atoms with Gasteiger partial charge in [0.25, 0.3) is 0 Å². The highest BCUT2D eigenvalue weighted by Crippen LogP contribution is 2.23. The third-order valence-corrected chi connectivity index (χ3v) is 3.40. The number of carboxylic acids is 1. The first kappa shape index (κ1) is 12.5. The maximum absolute atomic E-state index is 11.2. The van der Waals surface area contributed by atoms with Gasteiger partial charge in [0.05, 0.1) is 0 Å². The van der Waals surface area contributed by atoms with Crippen LogP contribution in [0, 0.1) is 0 Å². The molecule has 1 aromatic rings. The molecule has 1 atom stereocenters.